The standard InChI is InChI=1S/C19H21N5/c20-17-12-16(18(21)19(23-17)24-22)11-15-8-4-7-14(10-15)9-13-5-2-1-3-6-13/h1-8,10,12H,9,11,21-22H2,(H3,20,23,24). The fraction of sp³-hybridized carbons (Fsp3) is 0.105. The molecule has 1 aromatic heterocycles. The first-order valence-corrected chi connectivity index (χ1v) is 7.79. The van der Waals surface area contributed by atoms with Gasteiger partial charge in [0.1, 0.15) is 5.82 Å². The van der Waals surface area contributed by atoms with Crippen molar-refractivity contribution < 1.29 is 0 Å². The summed E-state index contributed by atoms with van der Waals surface area (Å²) >= 11 is 0. The molecular weight excluding hydrogens is 298 g/mol. The maximum atomic E-state index is 6.11. The fourth-order valence-corrected chi connectivity index (χ4v) is 2.79. The molecule has 24 heavy (non-hydrogen) atoms. The minimum atomic E-state index is 0.396. The van der Waals surface area contributed by atoms with Gasteiger partial charge in [-0.1, -0.05) is 54.6 Å². The maximum Gasteiger partial charge on any atom is 0.165 e. The molecule has 0 saturated heterocycles. The van der Waals surface area contributed by atoms with Crippen LogP contribution < -0.4 is 22.7 Å². The summed E-state index contributed by atoms with van der Waals surface area (Å²) in [6, 6.07) is 20.7. The molecule has 3 rings (SSSR count). The van der Waals surface area contributed by atoms with Crippen molar-refractivity contribution in [2.24, 2.45) is 5.84 Å². The van der Waals surface area contributed by atoms with Gasteiger partial charge >= 0.3 is 0 Å². The number of hydrogen-bond acceptors (Lipinski definition) is 5. The summed E-state index contributed by atoms with van der Waals surface area (Å²) in [6.45, 7) is 0. The van der Waals surface area contributed by atoms with E-state index in [0.29, 0.717) is 23.7 Å². The van der Waals surface area contributed by atoms with Crippen molar-refractivity contribution in [2.45, 2.75) is 12.8 Å². The Morgan fingerprint density at radius 2 is 1.46 bits per heavy atom. The molecule has 0 unspecified atom stereocenters. The lowest BCUT2D eigenvalue weighted by atomic mass is 9.99. The number of nitrogens with two attached hydrogens (primary N) is 3. The third kappa shape index (κ3) is 3.64. The van der Waals surface area contributed by atoms with Crippen LogP contribution >= 0.6 is 0 Å². The van der Waals surface area contributed by atoms with Gasteiger partial charge in [-0.05, 0) is 41.2 Å². The third-order valence-corrected chi connectivity index (χ3v) is 3.94. The van der Waals surface area contributed by atoms with Crippen molar-refractivity contribution in [1.82, 2.24) is 4.98 Å². The van der Waals surface area contributed by atoms with Gasteiger partial charge in [0.2, 0.25) is 0 Å². The molecule has 7 N–H and O–H groups in total. The Labute approximate surface area is 141 Å². The first-order chi connectivity index (χ1) is 11.7. The summed E-state index contributed by atoms with van der Waals surface area (Å²) in [7, 11) is 0. The molecule has 0 fully saturated rings. The SMILES string of the molecule is NNc1nc(N)cc(Cc2cccc(Cc3ccccc3)c2)c1N. The van der Waals surface area contributed by atoms with Crippen molar-refractivity contribution in [3.8, 4) is 0 Å². The lowest BCUT2D eigenvalue weighted by molar-refractivity contribution is 1.13. The normalized spacial score (nSPS) is 10.5. The smallest absolute Gasteiger partial charge is 0.165 e. The fourth-order valence-electron chi connectivity index (χ4n) is 2.79. The second-order valence-corrected chi connectivity index (χ2v) is 5.77. The second-order valence-electron chi connectivity index (χ2n) is 5.77. The Hall–Kier alpha value is -3.05. The number of nitrogens with zero attached hydrogens (tertiary/aromatic N) is 1. The Kier molecular flexibility index (Phi) is 4.63. The van der Waals surface area contributed by atoms with Crippen molar-refractivity contribution in [3.63, 3.8) is 0 Å². The molecule has 0 amide bonds. The molecule has 3 aromatic rings. The van der Waals surface area contributed by atoms with Crippen molar-refractivity contribution >= 4 is 17.3 Å². The predicted molar refractivity (Wildman–Crippen MR) is 99.4 cm³/mol. The highest BCUT2D eigenvalue weighted by Crippen LogP contribution is 2.25. The van der Waals surface area contributed by atoms with Crippen LogP contribution in [0.4, 0.5) is 17.3 Å². The predicted octanol–water partition coefficient (Wildman–Crippen LogP) is 2.71. The molecule has 0 aliphatic carbocycles. The van der Waals surface area contributed by atoms with Gasteiger partial charge in [0, 0.05) is 0 Å². The zero-order valence-corrected chi connectivity index (χ0v) is 13.4. The number of nitrogens with one attached hydrogen (secondary N) is 1. The van der Waals surface area contributed by atoms with E-state index in [4.69, 9.17) is 17.3 Å². The molecule has 0 atom stereocenters. The van der Waals surface area contributed by atoms with Crippen LogP contribution in [0.5, 0.6) is 0 Å². The zero-order chi connectivity index (χ0) is 16.9. The summed E-state index contributed by atoms with van der Waals surface area (Å²) in [6.07, 6.45) is 1.58. The van der Waals surface area contributed by atoms with E-state index in [9.17, 15) is 0 Å². The van der Waals surface area contributed by atoms with E-state index in [-0.39, 0.29) is 0 Å². The molecule has 0 bridgehead atoms. The van der Waals surface area contributed by atoms with Crippen molar-refractivity contribution in [3.05, 3.63) is 82.9 Å². The summed E-state index contributed by atoms with van der Waals surface area (Å²) in [5.41, 5.74) is 19.6. The largest absolute Gasteiger partial charge is 0.395 e. The van der Waals surface area contributed by atoms with Gasteiger partial charge in [-0.15, -0.1) is 0 Å². The Morgan fingerprint density at radius 1 is 0.792 bits per heavy atom. The summed E-state index contributed by atoms with van der Waals surface area (Å²) < 4.78 is 0. The second kappa shape index (κ2) is 7.02. The number of hydrazine groups is 1. The zero-order valence-electron chi connectivity index (χ0n) is 13.4. The molecule has 0 radical (unpaired) electrons. The Balaban J connectivity index is 1.84. The van der Waals surface area contributed by atoms with E-state index >= 15 is 0 Å². The number of pyridine rings is 1. The topological polar surface area (TPSA) is 103 Å². The molecule has 1 heterocycles. The monoisotopic (exact) mass is 319 g/mol. The number of aromatic nitrogens is 1. The number of nitrogen functional groups attached to an aromatic ring is 3. The highest BCUT2D eigenvalue weighted by molar-refractivity contribution is 5.68. The summed E-state index contributed by atoms with van der Waals surface area (Å²) in [5, 5.41) is 0. The quantitative estimate of drug-likeness (QED) is 0.428. The molecular formula is C19H21N5. The molecule has 0 spiro atoms. The lowest BCUT2D eigenvalue weighted by Gasteiger charge is -2.12. The van der Waals surface area contributed by atoms with Gasteiger partial charge in [-0.3, -0.25) is 0 Å². The average molecular weight is 319 g/mol. The lowest BCUT2D eigenvalue weighted by Crippen LogP contribution is -2.13. The Bertz CT molecular complexity index is 830. The highest BCUT2D eigenvalue weighted by Gasteiger charge is 2.09. The molecule has 122 valence electrons. The van der Waals surface area contributed by atoms with Gasteiger partial charge in [0.05, 0.1) is 5.69 Å². The number of hydrogen-bond donors (Lipinski definition) is 4. The summed E-state index contributed by atoms with van der Waals surface area (Å²) in [5.74, 6) is 6.25. The molecule has 0 aliphatic rings. The van der Waals surface area contributed by atoms with Gasteiger partial charge in [0.15, 0.2) is 5.82 Å². The van der Waals surface area contributed by atoms with E-state index < -0.39 is 0 Å². The van der Waals surface area contributed by atoms with Gasteiger partial charge < -0.3 is 16.9 Å². The number of anilines is 3. The van der Waals surface area contributed by atoms with Crippen LogP contribution in [0.1, 0.15) is 22.3 Å². The highest BCUT2D eigenvalue weighted by atomic mass is 15.3. The van der Waals surface area contributed by atoms with E-state index in [0.717, 1.165) is 12.0 Å². The van der Waals surface area contributed by atoms with Crippen molar-refractivity contribution in [1.29, 1.82) is 0 Å². The minimum absolute atomic E-state index is 0.396. The van der Waals surface area contributed by atoms with Crippen LogP contribution in [0.15, 0.2) is 60.7 Å². The van der Waals surface area contributed by atoms with Crippen LogP contribution in [-0.2, 0) is 12.8 Å². The molecule has 5 heteroatoms. The van der Waals surface area contributed by atoms with Gasteiger partial charge in [0.25, 0.3) is 0 Å². The maximum absolute atomic E-state index is 6.11. The molecule has 0 aliphatic heterocycles. The van der Waals surface area contributed by atoms with Crippen LogP contribution in [0.3, 0.4) is 0 Å². The molecule has 0 saturated carbocycles. The summed E-state index contributed by atoms with van der Waals surface area (Å²) in [4.78, 5) is 4.08. The third-order valence-electron chi connectivity index (χ3n) is 3.94. The average Bonchev–Trinajstić information content (AvgIpc) is 2.59. The first kappa shape index (κ1) is 15.8. The van der Waals surface area contributed by atoms with Crippen LogP contribution in [0, 0.1) is 0 Å². The van der Waals surface area contributed by atoms with E-state index in [1.165, 1.54) is 16.7 Å². The van der Waals surface area contributed by atoms with Gasteiger partial charge in [-0.25, -0.2) is 10.8 Å². The number of rotatable bonds is 5. The van der Waals surface area contributed by atoms with E-state index in [1.807, 2.05) is 6.07 Å². The van der Waals surface area contributed by atoms with E-state index in [2.05, 4.69) is 58.9 Å². The molecule has 2 aromatic carbocycles. The first-order valence-electron chi connectivity index (χ1n) is 7.79. The Morgan fingerprint density at radius 3 is 2.17 bits per heavy atom. The van der Waals surface area contributed by atoms with Crippen LogP contribution in [0.25, 0.3) is 0 Å². The van der Waals surface area contributed by atoms with Crippen molar-refractivity contribution in [2.75, 3.05) is 16.9 Å². The van der Waals surface area contributed by atoms with E-state index in [1.54, 1.807) is 6.07 Å². The molecule has 5 nitrogen and oxygen atoms in total. The van der Waals surface area contributed by atoms with Crippen LogP contribution in [-0.4, -0.2) is 4.98 Å². The van der Waals surface area contributed by atoms with Gasteiger partial charge in [-0.2, -0.15) is 0 Å². The number of benzene rings is 2. The van der Waals surface area contributed by atoms with Crippen LogP contribution in [0.2, 0.25) is 0 Å². The minimum Gasteiger partial charge on any atom is -0.395 e.